The molecule has 0 amide bonds. The van der Waals surface area contributed by atoms with Gasteiger partial charge in [0.15, 0.2) is 0 Å². The Morgan fingerprint density at radius 1 is 1.25 bits per heavy atom. The SMILES string of the molecule is C[C@@H]1CN(c2ccc(C#N)c3ncccc23)C[C@H](CNc2cccc(N)n2)O1. The maximum absolute atomic E-state index is 9.37. The molecule has 4 rings (SSSR count). The molecule has 3 heterocycles. The first kappa shape index (κ1) is 18.0. The van der Waals surface area contributed by atoms with E-state index in [4.69, 9.17) is 10.5 Å². The number of anilines is 3. The number of nitrogens with one attached hydrogen (secondary N) is 1. The number of nitrogens with two attached hydrogens (primary N) is 1. The molecule has 142 valence electrons. The Morgan fingerprint density at radius 2 is 2.14 bits per heavy atom. The standard InChI is InChI=1S/C21H22N6O/c1-14-12-27(13-16(28-14)11-25-20-6-2-5-19(23)26-20)18-8-7-15(10-22)21-17(18)4-3-9-24-21/h2-9,14,16H,11-13H2,1H3,(H3,23,25,26)/t14-,16+/m1/s1. The molecule has 0 bridgehead atoms. The maximum atomic E-state index is 9.37. The minimum atomic E-state index is -0.00524. The van der Waals surface area contributed by atoms with Gasteiger partial charge < -0.3 is 20.7 Å². The van der Waals surface area contributed by atoms with Crippen LogP contribution < -0.4 is 16.0 Å². The summed E-state index contributed by atoms with van der Waals surface area (Å²) >= 11 is 0. The summed E-state index contributed by atoms with van der Waals surface area (Å²) in [6.45, 7) is 4.21. The number of nitrogen functional groups attached to an aromatic ring is 1. The molecule has 2 atom stereocenters. The number of morpholine rings is 1. The van der Waals surface area contributed by atoms with Crippen molar-refractivity contribution >= 4 is 28.2 Å². The minimum Gasteiger partial charge on any atom is -0.384 e. The Kier molecular flexibility index (Phi) is 4.96. The molecule has 28 heavy (non-hydrogen) atoms. The summed E-state index contributed by atoms with van der Waals surface area (Å²) < 4.78 is 6.12. The second-order valence-corrected chi connectivity index (χ2v) is 6.95. The van der Waals surface area contributed by atoms with E-state index >= 15 is 0 Å². The molecule has 1 aliphatic rings. The number of pyridine rings is 2. The zero-order valence-electron chi connectivity index (χ0n) is 15.7. The number of benzene rings is 1. The van der Waals surface area contributed by atoms with Crippen LogP contribution in [-0.2, 0) is 4.74 Å². The number of rotatable bonds is 4. The maximum Gasteiger partial charge on any atom is 0.128 e. The van der Waals surface area contributed by atoms with Gasteiger partial charge in [-0.1, -0.05) is 6.07 Å². The van der Waals surface area contributed by atoms with Crippen molar-refractivity contribution < 1.29 is 4.74 Å². The van der Waals surface area contributed by atoms with Crippen LogP contribution in [0.5, 0.6) is 0 Å². The van der Waals surface area contributed by atoms with Gasteiger partial charge in [0.05, 0.1) is 23.3 Å². The molecule has 0 unspecified atom stereocenters. The number of nitrogens with zero attached hydrogens (tertiary/aromatic N) is 4. The van der Waals surface area contributed by atoms with Crippen molar-refractivity contribution in [2.75, 3.05) is 35.6 Å². The van der Waals surface area contributed by atoms with E-state index < -0.39 is 0 Å². The van der Waals surface area contributed by atoms with Gasteiger partial charge in [0.25, 0.3) is 0 Å². The number of hydrogen-bond donors (Lipinski definition) is 2. The van der Waals surface area contributed by atoms with E-state index in [1.165, 1.54) is 0 Å². The molecule has 2 aromatic heterocycles. The van der Waals surface area contributed by atoms with Crippen molar-refractivity contribution in [1.29, 1.82) is 5.26 Å². The summed E-state index contributed by atoms with van der Waals surface area (Å²) in [6.07, 6.45) is 1.80. The summed E-state index contributed by atoms with van der Waals surface area (Å²) in [5.74, 6) is 1.22. The number of hydrogen-bond acceptors (Lipinski definition) is 7. The molecule has 3 aromatic rings. The quantitative estimate of drug-likeness (QED) is 0.724. The molecule has 1 fully saturated rings. The third-order valence-corrected chi connectivity index (χ3v) is 4.82. The first-order valence-electron chi connectivity index (χ1n) is 9.28. The van der Waals surface area contributed by atoms with E-state index in [0.29, 0.717) is 17.9 Å². The van der Waals surface area contributed by atoms with Gasteiger partial charge in [0, 0.05) is 36.9 Å². The van der Waals surface area contributed by atoms with Crippen LogP contribution in [0.25, 0.3) is 10.9 Å². The van der Waals surface area contributed by atoms with E-state index in [1.807, 2.05) is 36.4 Å². The van der Waals surface area contributed by atoms with Crippen LogP contribution in [0.1, 0.15) is 12.5 Å². The fraction of sp³-hybridized carbons (Fsp3) is 0.286. The van der Waals surface area contributed by atoms with Crippen LogP contribution in [0.3, 0.4) is 0 Å². The molecule has 7 nitrogen and oxygen atoms in total. The molecule has 0 saturated carbocycles. The van der Waals surface area contributed by atoms with Crippen molar-refractivity contribution in [2.24, 2.45) is 0 Å². The predicted molar refractivity (Wildman–Crippen MR) is 110 cm³/mol. The number of aromatic nitrogens is 2. The highest BCUT2D eigenvalue weighted by atomic mass is 16.5. The lowest BCUT2D eigenvalue weighted by molar-refractivity contribution is -0.00823. The Balaban J connectivity index is 1.55. The van der Waals surface area contributed by atoms with Crippen molar-refractivity contribution in [3.05, 3.63) is 54.2 Å². The van der Waals surface area contributed by atoms with E-state index in [2.05, 4.69) is 33.2 Å². The Bertz CT molecular complexity index is 1030. The predicted octanol–water partition coefficient (Wildman–Crippen LogP) is 2.79. The lowest BCUT2D eigenvalue weighted by Crippen LogP contribution is -2.49. The normalized spacial score (nSPS) is 19.4. The van der Waals surface area contributed by atoms with Crippen molar-refractivity contribution in [3.63, 3.8) is 0 Å². The van der Waals surface area contributed by atoms with E-state index in [0.717, 1.165) is 35.5 Å². The van der Waals surface area contributed by atoms with Crippen LogP contribution in [0.2, 0.25) is 0 Å². The molecular formula is C21H22N6O. The van der Waals surface area contributed by atoms with Gasteiger partial charge in [-0.05, 0) is 43.3 Å². The monoisotopic (exact) mass is 374 g/mol. The first-order chi connectivity index (χ1) is 13.6. The highest BCUT2D eigenvalue weighted by Crippen LogP contribution is 2.30. The van der Waals surface area contributed by atoms with Gasteiger partial charge in [0.2, 0.25) is 0 Å². The first-order valence-corrected chi connectivity index (χ1v) is 9.28. The van der Waals surface area contributed by atoms with Crippen molar-refractivity contribution in [1.82, 2.24) is 9.97 Å². The third-order valence-electron chi connectivity index (χ3n) is 4.82. The van der Waals surface area contributed by atoms with Gasteiger partial charge >= 0.3 is 0 Å². The molecule has 3 N–H and O–H groups in total. The van der Waals surface area contributed by atoms with E-state index in [9.17, 15) is 5.26 Å². The second-order valence-electron chi connectivity index (χ2n) is 6.95. The largest absolute Gasteiger partial charge is 0.384 e. The third kappa shape index (κ3) is 3.68. The minimum absolute atomic E-state index is 0.00524. The summed E-state index contributed by atoms with van der Waals surface area (Å²) in [7, 11) is 0. The van der Waals surface area contributed by atoms with E-state index in [-0.39, 0.29) is 12.2 Å². The van der Waals surface area contributed by atoms with Crippen molar-refractivity contribution in [2.45, 2.75) is 19.1 Å². The zero-order chi connectivity index (χ0) is 19.5. The molecule has 7 heteroatoms. The second kappa shape index (κ2) is 7.71. The number of fused-ring (bicyclic) bond motifs is 1. The Morgan fingerprint density at radius 3 is 2.96 bits per heavy atom. The van der Waals surface area contributed by atoms with Crippen molar-refractivity contribution in [3.8, 4) is 6.07 Å². The van der Waals surface area contributed by atoms with Crippen LogP contribution >= 0.6 is 0 Å². The fourth-order valence-electron chi connectivity index (χ4n) is 3.65. The molecule has 0 spiro atoms. The zero-order valence-corrected chi connectivity index (χ0v) is 15.7. The van der Waals surface area contributed by atoms with Crippen LogP contribution in [0.4, 0.5) is 17.3 Å². The van der Waals surface area contributed by atoms with E-state index in [1.54, 1.807) is 12.3 Å². The lowest BCUT2D eigenvalue weighted by Gasteiger charge is -2.38. The van der Waals surface area contributed by atoms with Crippen LogP contribution in [0, 0.1) is 11.3 Å². The molecular weight excluding hydrogens is 352 g/mol. The Hall–Kier alpha value is -3.37. The average molecular weight is 374 g/mol. The van der Waals surface area contributed by atoms with Gasteiger partial charge in [0.1, 0.15) is 17.7 Å². The smallest absolute Gasteiger partial charge is 0.128 e. The summed E-state index contributed by atoms with van der Waals surface area (Å²) in [4.78, 5) is 11.0. The number of ether oxygens (including phenoxy) is 1. The summed E-state index contributed by atoms with van der Waals surface area (Å²) in [5.41, 5.74) is 8.14. The molecule has 1 aromatic carbocycles. The van der Waals surface area contributed by atoms with Gasteiger partial charge in [-0.3, -0.25) is 4.98 Å². The van der Waals surface area contributed by atoms with Gasteiger partial charge in [-0.25, -0.2) is 4.98 Å². The highest BCUT2D eigenvalue weighted by Gasteiger charge is 2.26. The lowest BCUT2D eigenvalue weighted by atomic mass is 10.1. The summed E-state index contributed by atoms with van der Waals surface area (Å²) in [5, 5.41) is 13.7. The highest BCUT2D eigenvalue weighted by molar-refractivity contribution is 5.95. The Labute approximate surface area is 163 Å². The van der Waals surface area contributed by atoms with Gasteiger partial charge in [-0.15, -0.1) is 0 Å². The fourth-order valence-corrected chi connectivity index (χ4v) is 3.65. The molecule has 1 aliphatic heterocycles. The van der Waals surface area contributed by atoms with Gasteiger partial charge in [-0.2, -0.15) is 5.26 Å². The average Bonchev–Trinajstić information content (AvgIpc) is 2.71. The topological polar surface area (TPSA) is 100 Å². The molecule has 0 aliphatic carbocycles. The molecule has 0 radical (unpaired) electrons. The van der Waals surface area contributed by atoms with Crippen LogP contribution in [0.15, 0.2) is 48.7 Å². The number of nitriles is 1. The molecule has 1 saturated heterocycles. The van der Waals surface area contributed by atoms with Crippen LogP contribution in [-0.4, -0.2) is 41.8 Å². The summed E-state index contributed by atoms with van der Waals surface area (Å²) in [6, 6.07) is 15.5.